The molecule has 0 spiro atoms. The number of hydrogen-bond donors (Lipinski definition) is 2. The molecule has 0 aliphatic carbocycles. The fraction of sp³-hybridized carbons (Fsp3) is 0.360. The molecule has 0 saturated carbocycles. The van der Waals surface area contributed by atoms with Crippen molar-refractivity contribution >= 4 is 22.7 Å². The Balaban J connectivity index is 1.41. The summed E-state index contributed by atoms with van der Waals surface area (Å²) in [6.45, 7) is 6.29. The molecule has 1 aromatic heterocycles. The molecule has 0 radical (unpaired) electrons. The first-order valence-corrected chi connectivity index (χ1v) is 11.4. The van der Waals surface area contributed by atoms with Gasteiger partial charge in [0.1, 0.15) is 0 Å². The van der Waals surface area contributed by atoms with Gasteiger partial charge in [-0.1, -0.05) is 30.3 Å². The van der Waals surface area contributed by atoms with Crippen molar-refractivity contribution in [1.82, 2.24) is 19.8 Å². The molecule has 3 aromatic rings. The Morgan fingerprint density at radius 2 is 1.76 bits per heavy atom. The third-order valence-electron chi connectivity index (χ3n) is 6.65. The second kappa shape index (κ2) is 9.35. The fourth-order valence-electron chi connectivity index (χ4n) is 4.84. The maximum atomic E-state index is 13.5. The van der Waals surface area contributed by atoms with E-state index in [4.69, 9.17) is 9.94 Å². The van der Waals surface area contributed by atoms with Crippen LogP contribution in [0.15, 0.2) is 48.5 Å². The number of para-hydroxylation sites is 1. The van der Waals surface area contributed by atoms with E-state index >= 15 is 0 Å². The van der Waals surface area contributed by atoms with Crippen molar-refractivity contribution in [3.8, 4) is 0 Å². The van der Waals surface area contributed by atoms with E-state index in [1.165, 1.54) is 0 Å². The van der Waals surface area contributed by atoms with Crippen LogP contribution < -0.4 is 5.48 Å². The predicted octanol–water partition coefficient (Wildman–Crippen LogP) is 2.14. The number of morpholine rings is 1. The number of hydrogen-bond acceptors (Lipinski definition) is 5. The molecule has 2 amide bonds. The second-order valence-electron chi connectivity index (χ2n) is 8.56. The van der Waals surface area contributed by atoms with Gasteiger partial charge in [0.2, 0.25) is 0 Å². The Kier molecular flexibility index (Phi) is 6.13. The minimum Gasteiger partial charge on any atom is -0.379 e. The van der Waals surface area contributed by atoms with Crippen LogP contribution in [0.1, 0.15) is 32.0 Å². The van der Waals surface area contributed by atoms with Crippen molar-refractivity contribution in [2.75, 3.05) is 45.9 Å². The second-order valence-corrected chi connectivity index (χ2v) is 8.56. The number of nitrogens with one attached hydrogen (secondary N) is 1. The molecule has 3 heterocycles. The van der Waals surface area contributed by atoms with E-state index in [-0.39, 0.29) is 5.91 Å². The normalized spacial score (nSPS) is 16.8. The SMILES string of the molecule is O=C(NO)c1ccc(Cn2c3c(c4ccccc42)C(=O)N(CCN2CCOCC2)CC3)cc1. The molecule has 5 rings (SSSR count). The van der Waals surface area contributed by atoms with E-state index in [0.29, 0.717) is 18.7 Å². The number of carbonyl (C=O) groups is 2. The van der Waals surface area contributed by atoms with E-state index in [1.807, 2.05) is 35.2 Å². The third kappa shape index (κ3) is 4.25. The van der Waals surface area contributed by atoms with Gasteiger partial charge in [0.05, 0.1) is 18.8 Å². The number of rotatable bonds is 6. The van der Waals surface area contributed by atoms with Gasteiger partial charge in [-0.3, -0.25) is 19.7 Å². The molecule has 0 atom stereocenters. The summed E-state index contributed by atoms with van der Waals surface area (Å²) >= 11 is 0. The lowest BCUT2D eigenvalue weighted by Gasteiger charge is -2.32. The zero-order chi connectivity index (χ0) is 22.8. The Hall–Kier alpha value is -3.20. The maximum Gasteiger partial charge on any atom is 0.274 e. The van der Waals surface area contributed by atoms with Crippen molar-refractivity contribution in [1.29, 1.82) is 0 Å². The highest BCUT2D eigenvalue weighted by Crippen LogP contribution is 2.31. The average Bonchev–Trinajstić information content (AvgIpc) is 3.18. The summed E-state index contributed by atoms with van der Waals surface area (Å²) in [6.07, 6.45) is 0.809. The number of amides is 2. The molecule has 8 nitrogen and oxygen atoms in total. The number of fused-ring (bicyclic) bond motifs is 3. The van der Waals surface area contributed by atoms with Gasteiger partial charge in [0.15, 0.2) is 0 Å². The standard InChI is InChI=1S/C25H28N4O4/c30-24(26-32)19-7-5-18(6-8-19)17-29-21-4-2-1-3-20(21)23-22(29)9-10-28(25(23)31)12-11-27-13-15-33-16-14-27/h1-8,32H,9-17H2,(H,26,30). The Labute approximate surface area is 192 Å². The van der Waals surface area contributed by atoms with Crippen molar-refractivity contribution in [2.24, 2.45) is 0 Å². The largest absolute Gasteiger partial charge is 0.379 e. The number of benzene rings is 2. The molecular weight excluding hydrogens is 420 g/mol. The monoisotopic (exact) mass is 448 g/mol. The average molecular weight is 449 g/mol. The molecule has 33 heavy (non-hydrogen) atoms. The summed E-state index contributed by atoms with van der Waals surface area (Å²) in [5.74, 6) is -0.428. The van der Waals surface area contributed by atoms with E-state index < -0.39 is 5.91 Å². The lowest BCUT2D eigenvalue weighted by atomic mass is 10.0. The summed E-state index contributed by atoms with van der Waals surface area (Å²) in [5, 5.41) is 9.82. The van der Waals surface area contributed by atoms with Crippen LogP contribution in [-0.4, -0.2) is 77.3 Å². The number of hydroxylamine groups is 1. The van der Waals surface area contributed by atoms with E-state index in [9.17, 15) is 9.59 Å². The molecule has 0 unspecified atom stereocenters. The highest BCUT2D eigenvalue weighted by atomic mass is 16.5. The van der Waals surface area contributed by atoms with Gasteiger partial charge in [-0.15, -0.1) is 0 Å². The van der Waals surface area contributed by atoms with Gasteiger partial charge in [-0.2, -0.15) is 0 Å². The van der Waals surface area contributed by atoms with Gasteiger partial charge < -0.3 is 14.2 Å². The Morgan fingerprint density at radius 1 is 1.00 bits per heavy atom. The minimum atomic E-state index is -0.534. The summed E-state index contributed by atoms with van der Waals surface area (Å²) in [4.78, 5) is 29.5. The van der Waals surface area contributed by atoms with Gasteiger partial charge >= 0.3 is 0 Å². The minimum absolute atomic E-state index is 0.106. The van der Waals surface area contributed by atoms with Crippen LogP contribution in [0.5, 0.6) is 0 Å². The molecule has 8 heteroatoms. The van der Waals surface area contributed by atoms with Crippen molar-refractivity contribution < 1.29 is 19.5 Å². The highest BCUT2D eigenvalue weighted by molar-refractivity contribution is 6.09. The number of carbonyl (C=O) groups excluding carboxylic acids is 2. The van der Waals surface area contributed by atoms with Crippen LogP contribution in [0.4, 0.5) is 0 Å². The molecule has 2 aliphatic heterocycles. The van der Waals surface area contributed by atoms with Crippen LogP contribution in [0, 0.1) is 0 Å². The first-order valence-electron chi connectivity index (χ1n) is 11.4. The first-order chi connectivity index (χ1) is 16.2. The molecule has 1 saturated heterocycles. The lowest BCUT2D eigenvalue weighted by molar-refractivity contribution is 0.0322. The topological polar surface area (TPSA) is 87.0 Å². The van der Waals surface area contributed by atoms with Gasteiger partial charge in [-0.05, 0) is 23.8 Å². The van der Waals surface area contributed by atoms with Crippen molar-refractivity contribution in [3.63, 3.8) is 0 Å². The van der Waals surface area contributed by atoms with Gasteiger partial charge in [0, 0.05) is 67.8 Å². The van der Waals surface area contributed by atoms with Crippen molar-refractivity contribution in [3.05, 3.63) is 70.9 Å². The number of ether oxygens (including phenoxy) is 1. The van der Waals surface area contributed by atoms with E-state index in [1.54, 1.807) is 17.6 Å². The van der Waals surface area contributed by atoms with Gasteiger partial charge in [-0.25, -0.2) is 5.48 Å². The van der Waals surface area contributed by atoms with Crippen LogP contribution in [-0.2, 0) is 17.7 Å². The Bertz CT molecular complexity index is 1170. The maximum absolute atomic E-state index is 13.5. The molecule has 172 valence electrons. The smallest absolute Gasteiger partial charge is 0.274 e. The summed E-state index contributed by atoms with van der Waals surface area (Å²) in [7, 11) is 0. The van der Waals surface area contributed by atoms with Crippen LogP contribution in [0.3, 0.4) is 0 Å². The fourth-order valence-corrected chi connectivity index (χ4v) is 4.84. The zero-order valence-electron chi connectivity index (χ0n) is 18.5. The highest BCUT2D eigenvalue weighted by Gasteiger charge is 2.30. The van der Waals surface area contributed by atoms with Crippen LogP contribution in [0.25, 0.3) is 10.9 Å². The first kappa shape index (κ1) is 21.6. The molecule has 1 fully saturated rings. The van der Waals surface area contributed by atoms with E-state index in [2.05, 4.69) is 15.5 Å². The number of nitrogens with zero attached hydrogens (tertiary/aromatic N) is 3. The molecule has 2 aliphatic rings. The lowest BCUT2D eigenvalue weighted by Crippen LogP contribution is -2.45. The third-order valence-corrected chi connectivity index (χ3v) is 6.65. The zero-order valence-corrected chi connectivity index (χ0v) is 18.5. The Morgan fingerprint density at radius 3 is 2.52 bits per heavy atom. The molecule has 2 aromatic carbocycles. The predicted molar refractivity (Wildman–Crippen MR) is 124 cm³/mol. The molecule has 2 N–H and O–H groups in total. The summed E-state index contributed by atoms with van der Waals surface area (Å²) in [6, 6.07) is 15.2. The number of aromatic nitrogens is 1. The molecule has 0 bridgehead atoms. The van der Waals surface area contributed by atoms with Crippen molar-refractivity contribution in [2.45, 2.75) is 13.0 Å². The summed E-state index contributed by atoms with van der Waals surface area (Å²) in [5.41, 5.74) is 6.00. The van der Waals surface area contributed by atoms with Crippen LogP contribution in [0.2, 0.25) is 0 Å². The summed E-state index contributed by atoms with van der Waals surface area (Å²) < 4.78 is 7.65. The molecular formula is C25H28N4O4. The van der Waals surface area contributed by atoms with E-state index in [0.717, 1.165) is 73.5 Å². The van der Waals surface area contributed by atoms with Crippen LogP contribution >= 0.6 is 0 Å². The van der Waals surface area contributed by atoms with Gasteiger partial charge in [0.25, 0.3) is 11.8 Å². The quantitative estimate of drug-likeness (QED) is 0.446.